The molecule has 1 aliphatic rings. The first-order valence-electron chi connectivity index (χ1n) is 7.81. The van der Waals surface area contributed by atoms with Gasteiger partial charge in [0.15, 0.2) is 0 Å². The number of rotatable bonds is 6. The van der Waals surface area contributed by atoms with Crippen molar-refractivity contribution in [2.45, 2.75) is 70.4 Å². The second-order valence-electron chi connectivity index (χ2n) is 5.80. The van der Waals surface area contributed by atoms with Crippen LogP contribution in [0, 0.1) is 0 Å². The van der Waals surface area contributed by atoms with Gasteiger partial charge in [0, 0.05) is 11.7 Å². The average Bonchev–Trinajstić information content (AvgIpc) is 2.44. The molecule has 2 N–H and O–H groups in total. The van der Waals surface area contributed by atoms with Crippen LogP contribution in [0.1, 0.15) is 57.4 Å². The second-order valence-corrected chi connectivity index (χ2v) is 5.80. The maximum Gasteiger partial charge on any atom is 0.0541 e. The normalized spacial score (nSPS) is 23.3. The minimum absolute atomic E-state index is 0.0704. The zero-order valence-corrected chi connectivity index (χ0v) is 12.1. The second kappa shape index (κ2) is 7.54. The quantitative estimate of drug-likeness (QED) is 0.754. The lowest BCUT2D eigenvalue weighted by atomic mass is 9.93. The van der Waals surface area contributed by atoms with Gasteiger partial charge in [0.2, 0.25) is 0 Å². The fraction of sp³-hybridized carbons (Fsp3) is 0.647. The maximum absolute atomic E-state index is 9.50. The average molecular weight is 261 g/mol. The molecule has 1 aromatic rings. The molecule has 19 heavy (non-hydrogen) atoms. The van der Waals surface area contributed by atoms with E-state index in [1.165, 1.54) is 36.9 Å². The van der Waals surface area contributed by atoms with Crippen molar-refractivity contribution < 1.29 is 5.11 Å². The van der Waals surface area contributed by atoms with Crippen LogP contribution < -0.4 is 5.32 Å². The number of aliphatic hydroxyl groups excluding tert-OH is 1. The molecular weight excluding hydrogens is 234 g/mol. The van der Waals surface area contributed by atoms with Gasteiger partial charge < -0.3 is 10.4 Å². The van der Waals surface area contributed by atoms with E-state index in [2.05, 4.69) is 36.5 Å². The van der Waals surface area contributed by atoms with E-state index in [4.69, 9.17) is 0 Å². The van der Waals surface area contributed by atoms with E-state index < -0.39 is 0 Å². The molecule has 1 aliphatic carbocycles. The molecule has 2 rings (SSSR count). The molecule has 1 aromatic carbocycles. The Morgan fingerprint density at radius 1 is 1.05 bits per heavy atom. The summed E-state index contributed by atoms with van der Waals surface area (Å²) >= 11 is 0. The third kappa shape index (κ3) is 4.87. The Bertz CT molecular complexity index is 352. The SMILES string of the molecule is CCCCCc1ccc(NC2CCC(O)CC2)cc1. The Morgan fingerprint density at radius 2 is 1.74 bits per heavy atom. The lowest BCUT2D eigenvalue weighted by molar-refractivity contribution is 0.126. The van der Waals surface area contributed by atoms with Crippen molar-refractivity contribution in [2.75, 3.05) is 5.32 Å². The molecule has 0 spiro atoms. The third-order valence-electron chi connectivity index (χ3n) is 4.09. The summed E-state index contributed by atoms with van der Waals surface area (Å²) in [5.41, 5.74) is 2.67. The summed E-state index contributed by atoms with van der Waals surface area (Å²) in [6, 6.07) is 9.43. The minimum Gasteiger partial charge on any atom is -0.393 e. The standard InChI is InChI=1S/C17H27NO/c1-2-3-4-5-14-6-8-15(9-7-14)18-16-10-12-17(19)13-11-16/h6-9,16-19H,2-5,10-13H2,1H3. The van der Waals surface area contributed by atoms with Crippen LogP contribution in [0.2, 0.25) is 0 Å². The fourth-order valence-corrected chi connectivity index (χ4v) is 2.80. The molecule has 0 atom stereocenters. The molecule has 0 aliphatic heterocycles. The number of anilines is 1. The van der Waals surface area contributed by atoms with Crippen molar-refractivity contribution in [1.82, 2.24) is 0 Å². The van der Waals surface area contributed by atoms with Crippen LogP contribution in [-0.4, -0.2) is 17.3 Å². The Kier molecular flexibility index (Phi) is 5.71. The van der Waals surface area contributed by atoms with Crippen LogP contribution >= 0.6 is 0 Å². The van der Waals surface area contributed by atoms with Crippen LogP contribution in [0.5, 0.6) is 0 Å². The van der Waals surface area contributed by atoms with Crippen molar-refractivity contribution in [1.29, 1.82) is 0 Å². The topological polar surface area (TPSA) is 32.3 Å². The van der Waals surface area contributed by atoms with Crippen molar-refractivity contribution in [3.8, 4) is 0 Å². The summed E-state index contributed by atoms with van der Waals surface area (Å²) in [7, 11) is 0. The molecule has 2 heteroatoms. The van der Waals surface area contributed by atoms with Crippen LogP contribution in [0.4, 0.5) is 5.69 Å². The van der Waals surface area contributed by atoms with Gasteiger partial charge in [-0.15, -0.1) is 0 Å². The van der Waals surface area contributed by atoms with E-state index in [0.717, 1.165) is 25.7 Å². The van der Waals surface area contributed by atoms with Crippen molar-refractivity contribution in [2.24, 2.45) is 0 Å². The largest absolute Gasteiger partial charge is 0.393 e. The van der Waals surface area contributed by atoms with Gasteiger partial charge in [-0.1, -0.05) is 31.9 Å². The minimum atomic E-state index is -0.0704. The highest BCUT2D eigenvalue weighted by Gasteiger charge is 2.18. The lowest BCUT2D eigenvalue weighted by Crippen LogP contribution is -2.28. The number of nitrogens with one attached hydrogen (secondary N) is 1. The fourth-order valence-electron chi connectivity index (χ4n) is 2.80. The smallest absolute Gasteiger partial charge is 0.0541 e. The summed E-state index contributed by atoms with van der Waals surface area (Å²) in [6.07, 6.45) is 9.07. The van der Waals surface area contributed by atoms with E-state index in [1.54, 1.807) is 0 Å². The molecule has 0 bridgehead atoms. The predicted octanol–water partition coefficient (Wildman–Crippen LogP) is 4.13. The first-order chi connectivity index (χ1) is 9.28. The maximum atomic E-state index is 9.50. The summed E-state index contributed by atoms with van der Waals surface area (Å²) in [6.45, 7) is 2.24. The Balaban J connectivity index is 1.78. The van der Waals surface area contributed by atoms with E-state index >= 15 is 0 Å². The third-order valence-corrected chi connectivity index (χ3v) is 4.09. The Morgan fingerprint density at radius 3 is 2.37 bits per heavy atom. The number of aryl methyl sites for hydroxylation is 1. The van der Waals surface area contributed by atoms with E-state index in [0.29, 0.717) is 6.04 Å². The molecule has 0 radical (unpaired) electrons. The zero-order valence-electron chi connectivity index (χ0n) is 12.1. The first-order valence-corrected chi connectivity index (χ1v) is 7.81. The van der Waals surface area contributed by atoms with E-state index in [9.17, 15) is 5.11 Å². The van der Waals surface area contributed by atoms with Crippen molar-refractivity contribution in [3.63, 3.8) is 0 Å². The van der Waals surface area contributed by atoms with Gasteiger partial charge in [-0.3, -0.25) is 0 Å². The predicted molar refractivity (Wildman–Crippen MR) is 81.6 cm³/mol. The van der Waals surface area contributed by atoms with Crippen molar-refractivity contribution in [3.05, 3.63) is 29.8 Å². The number of aliphatic hydroxyl groups is 1. The first kappa shape index (κ1) is 14.4. The van der Waals surface area contributed by atoms with Crippen LogP contribution in [0.25, 0.3) is 0 Å². The van der Waals surface area contributed by atoms with E-state index in [-0.39, 0.29) is 6.10 Å². The molecule has 0 amide bonds. The van der Waals surface area contributed by atoms with Gasteiger partial charge in [-0.2, -0.15) is 0 Å². The van der Waals surface area contributed by atoms with Gasteiger partial charge in [0.1, 0.15) is 0 Å². The van der Waals surface area contributed by atoms with Crippen LogP contribution in [0.3, 0.4) is 0 Å². The van der Waals surface area contributed by atoms with E-state index in [1.807, 2.05) is 0 Å². The van der Waals surface area contributed by atoms with Gasteiger partial charge in [0.05, 0.1) is 6.10 Å². The highest BCUT2D eigenvalue weighted by atomic mass is 16.3. The van der Waals surface area contributed by atoms with Gasteiger partial charge in [-0.25, -0.2) is 0 Å². The molecular formula is C17H27NO. The molecule has 0 aromatic heterocycles. The van der Waals surface area contributed by atoms with Gasteiger partial charge in [0.25, 0.3) is 0 Å². The number of hydrogen-bond acceptors (Lipinski definition) is 2. The Hall–Kier alpha value is -1.02. The summed E-state index contributed by atoms with van der Waals surface area (Å²) < 4.78 is 0. The molecule has 1 saturated carbocycles. The summed E-state index contributed by atoms with van der Waals surface area (Å²) in [5.74, 6) is 0. The highest BCUT2D eigenvalue weighted by Crippen LogP contribution is 2.22. The zero-order chi connectivity index (χ0) is 13.5. The molecule has 0 heterocycles. The molecule has 1 fully saturated rings. The number of hydrogen-bond donors (Lipinski definition) is 2. The number of unbranched alkanes of at least 4 members (excludes halogenated alkanes) is 2. The summed E-state index contributed by atoms with van der Waals surface area (Å²) in [4.78, 5) is 0. The number of benzene rings is 1. The van der Waals surface area contributed by atoms with Crippen LogP contribution in [0.15, 0.2) is 24.3 Å². The summed E-state index contributed by atoms with van der Waals surface area (Å²) in [5, 5.41) is 13.1. The molecule has 2 nitrogen and oxygen atoms in total. The Labute approximate surface area is 117 Å². The molecule has 106 valence electrons. The molecule has 0 unspecified atom stereocenters. The molecule has 0 saturated heterocycles. The monoisotopic (exact) mass is 261 g/mol. The lowest BCUT2D eigenvalue weighted by Gasteiger charge is -2.27. The highest BCUT2D eigenvalue weighted by molar-refractivity contribution is 5.45. The van der Waals surface area contributed by atoms with Gasteiger partial charge >= 0.3 is 0 Å². The van der Waals surface area contributed by atoms with Crippen LogP contribution in [-0.2, 0) is 6.42 Å². The van der Waals surface area contributed by atoms with Gasteiger partial charge in [-0.05, 0) is 56.2 Å². The van der Waals surface area contributed by atoms with Crippen molar-refractivity contribution >= 4 is 5.69 Å².